The molecular formula is C36H18F12. The van der Waals surface area contributed by atoms with Crippen molar-refractivity contribution in [1.82, 2.24) is 0 Å². The maximum absolute atomic E-state index is 13.3. The lowest BCUT2D eigenvalue weighted by molar-refractivity contribution is -0.138. The van der Waals surface area contributed by atoms with E-state index in [0.29, 0.717) is 0 Å². The second-order valence-electron chi connectivity index (χ2n) is 9.96. The Morgan fingerprint density at radius 2 is 0.583 bits per heavy atom. The van der Waals surface area contributed by atoms with E-state index in [0.717, 1.165) is 97.1 Å². The van der Waals surface area contributed by atoms with Gasteiger partial charge in [-0.2, -0.15) is 52.7 Å². The largest absolute Gasteiger partial charge is 0.416 e. The smallest absolute Gasteiger partial charge is 0.166 e. The van der Waals surface area contributed by atoms with E-state index in [1.807, 2.05) is 0 Å². The van der Waals surface area contributed by atoms with E-state index in [2.05, 4.69) is 23.7 Å². The molecule has 0 N–H and O–H groups in total. The van der Waals surface area contributed by atoms with Crippen molar-refractivity contribution in [3.05, 3.63) is 154 Å². The summed E-state index contributed by atoms with van der Waals surface area (Å²) in [5, 5.41) is 0. The maximum Gasteiger partial charge on any atom is 0.416 e. The van der Waals surface area contributed by atoms with Crippen LogP contribution < -0.4 is 0 Å². The first-order valence-electron chi connectivity index (χ1n) is 13.5. The third kappa shape index (κ3) is 9.35. The molecule has 4 aromatic rings. The van der Waals surface area contributed by atoms with Crippen LogP contribution >= 0.6 is 0 Å². The molecule has 48 heavy (non-hydrogen) atoms. The predicted molar refractivity (Wildman–Crippen MR) is 155 cm³/mol. The molecule has 0 aliphatic carbocycles. The summed E-state index contributed by atoms with van der Waals surface area (Å²) in [6.07, 6.45) is -16.1. The second kappa shape index (κ2) is 13.8. The van der Waals surface area contributed by atoms with Gasteiger partial charge in [0, 0.05) is 11.1 Å². The van der Waals surface area contributed by atoms with Crippen LogP contribution in [0.5, 0.6) is 0 Å². The average molecular weight is 679 g/mol. The fourth-order valence-corrected chi connectivity index (χ4v) is 4.18. The summed E-state index contributed by atoms with van der Waals surface area (Å²) >= 11 is 0. The molecule has 4 aromatic carbocycles. The number of allylic oxidation sites excluding steroid dienone is 4. The van der Waals surface area contributed by atoms with Crippen molar-refractivity contribution < 1.29 is 52.7 Å². The molecule has 0 amide bonds. The number of benzene rings is 4. The first-order valence-corrected chi connectivity index (χ1v) is 13.5. The van der Waals surface area contributed by atoms with Gasteiger partial charge in [0.25, 0.3) is 0 Å². The van der Waals surface area contributed by atoms with Gasteiger partial charge in [-0.15, -0.1) is 0 Å². The van der Waals surface area contributed by atoms with Crippen LogP contribution in [0.4, 0.5) is 52.7 Å². The van der Waals surface area contributed by atoms with Crippen LogP contribution in [0.15, 0.2) is 109 Å². The van der Waals surface area contributed by atoms with E-state index in [-0.39, 0.29) is 33.4 Å². The van der Waals surface area contributed by atoms with Crippen molar-refractivity contribution in [3.8, 4) is 23.7 Å². The predicted octanol–water partition coefficient (Wildman–Crippen LogP) is 11.3. The molecule has 0 saturated carbocycles. The molecule has 0 atom stereocenters. The first kappa shape index (κ1) is 35.5. The molecule has 0 fully saturated rings. The van der Waals surface area contributed by atoms with Gasteiger partial charge in [0.15, 0.2) is 0 Å². The van der Waals surface area contributed by atoms with Gasteiger partial charge in [0.2, 0.25) is 0 Å². The van der Waals surface area contributed by atoms with Crippen LogP contribution in [-0.4, -0.2) is 0 Å². The van der Waals surface area contributed by atoms with E-state index in [9.17, 15) is 52.7 Å². The van der Waals surface area contributed by atoms with Crippen molar-refractivity contribution in [2.24, 2.45) is 0 Å². The maximum atomic E-state index is 13.3. The minimum Gasteiger partial charge on any atom is -0.166 e. The highest BCUT2D eigenvalue weighted by Gasteiger charge is 2.32. The quantitative estimate of drug-likeness (QED) is 0.115. The Morgan fingerprint density at radius 1 is 0.354 bits per heavy atom. The highest BCUT2D eigenvalue weighted by molar-refractivity contribution is 6.06. The molecule has 0 aliphatic heterocycles. The molecule has 0 saturated heterocycles. The third-order valence-electron chi connectivity index (χ3n) is 6.63. The van der Waals surface area contributed by atoms with Gasteiger partial charge in [-0.1, -0.05) is 47.9 Å². The van der Waals surface area contributed by atoms with E-state index < -0.39 is 47.0 Å². The molecule has 0 aromatic heterocycles. The highest BCUT2D eigenvalue weighted by atomic mass is 19.4. The van der Waals surface area contributed by atoms with Crippen LogP contribution in [0.2, 0.25) is 0 Å². The number of rotatable bonds is 3. The topological polar surface area (TPSA) is 0 Å². The molecule has 0 heterocycles. The van der Waals surface area contributed by atoms with Crippen molar-refractivity contribution in [2.75, 3.05) is 0 Å². The molecule has 246 valence electrons. The van der Waals surface area contributed by atoms with Crippen molar-refractivity contribution in [3.63, 3.8) is 0 Å². The van der Waals surface area contributed by atoms with Crippen LogP contribution in [0.1, 0.15) is 44.5 Å². The van der Waals surface area contributed by atoms with Crippen LogP contribution in [0, 0.1) is 23.7 Å². The molecule has 0 radical (unpaired) electrons. The Kier molecular flexibility index (Phi) is 10.2. The van der Waals surface area contributed by atoms with Gasteiger partial charge in [-0.05, 0) is 107 Å². The standard InChI is InChI=1S/C36H18F12/c37-33(38,39)27-15-7-23(8-16-27)3-1-5-31(25-11-19-29(20-12-25)35(43,44)45)32(26-13-21-30(22-14-26)36(46,47)48)6-2-4-24-9-17-28(18-10-24)34(40,41)42/h5-22H/b31-5+,32-6+. The van der Waals surface area contributed by atoms with E-state index in [1.165, 1.54) is 12.2 Å². The van der Waals surface area contributed by atoms with Gasteiger partial charge in [-0.25, -0.2) is 0 Å². The number of alkyl halides is 12. The summed E-state index contributed by atoms with van der Waals surface area (Å²) in [5.74, 6) is 10.5. The summed E-state index contributed by atoms with van der Waals surface area (Å²) in [6.45, 7) is 0. The van der Waals surface area contributed by atoms with Crippen LogP contribution in [0.3, 0.4) is 0 Å². The molecule has 0 aliphatic rings. The number of hydrogen-bond acceptors (Lipinski definition) is 0. The normalized spacial score (nSPS) is 12.9. The zero-order valence-corrected chi connectivity index (χ0v) is 23.9. The second-order valence-corrected chi connectivity index (χ2v) is 9.96. The first-order chi connectivity index (χ1) is 22.3. The highest BCUT2D eigenvalue weighted by Crippen LogP contribution is 2.36. The van der Waals surface area contributed by atoms with Crippen LogP contribution in [-0.2, 0) is 24.7 Å². The van der Waals surface area contributed by atoms with Crippen molar-refractivity contribution in [1.29, 1.82) is 0 Å². The van der Waals surface area contributed by atoms with Crippen molar-refractivity contribution in [2.45, 2.75) is 24.7 Å². The van der Waals surface area contributed by atoms with Gasteiger partial charge in [0.1, 0.15) is 0 Å². The number of halogens is 12. The Bertz CT molecular complexity index is 1760. The monoisotopic (exact) mass is 678 g/mol. The zero-order chi connectivity index (χ0) is 35.3. The fourth-order valence-electron chi connectivity index (χ4n) is 4.18. The van der Waals surface area contributed by atoms with Gasteiger partial charge in [-0.3, -0.25) is 0 Å². The van der Waals surface area contributed by atoms with E-state index >= 15 is 0 Å². The summed E-state index contributed by atoms with van der Waals surface area (Å²) in [5.41, 5.74) is -3.16. The molecule has 0 spiro atoms. The third-order valence-corrected chi connectivity index (χ3v) is 6.63. The Hall–Kier alpha value is -5.36. The Balaban J connectivity index is 1.87. The molecule has 4 rings (SSSR count). The van der Waals surface area contributed by atoms with Gasteiger partial charge >= 0.3 is 24.7 Å². The lowest BCUT2D eigenvalue weighted by Gasteiger charge is -2.14. The Labute approximate surface area is 266 Å². The summed E-state index contributed by atoms with van der Waals surface area (Å²) in [7, 11) is 0. The van der Waals surface area contributed by atoms with E-state index in [4.69, 9.17) is 0 Å². The number of hydrogen-bond donors (Lipinski definition) is 0. The SMILES string of the molecule is FC(F)(F)c1ccc(C#C/C=C(/C(=C/C#Cc2ccc(C(F)(F)F)cc2)c2ccc(C(F)(F)F)cc2)c2ccc(C(F)(F)F)cc2)cc1. The lowest BCUT2D eigenvalue weighted by atomic mass is 9.90. The summed E-state index contributed by atoms with van der Waals surface area (Å²) < 4.78 is 157. The molecule has 12 heteroatoms. The fraction of sp³-hybridized carbons (Fsp3) is 0.111. The minimum atomic E-state index is -4.69. The molecule has 0 bridgehead atoms. The van der Waals surface area contributed by atoms with Crippen molar-refractivity contribution >= 4 is 11.1 Å². The summed E-state index contributed by atoms with van der Waals surface area (Å²) in [6, 6.07) is 15.1. The lowest BCUT2D eigenvalue weighted by Crippen LogP contribution is -2.05. The van der Waals surface area contributed by atoms with Crippen LogP contribution in [0.25, 0.3) is 11.1 Å². The van der Waals surface area contributed by atoms with Gasteiger partial charge < -0.3 is 0 Å². The van der Waals surface area contributed by atoms with E-state index in [1.54, 1.807) is 0 Å². The average Bonchev–Trinajstić information content (AvgIpc) is 3.01. The zero-order valence-electron chi connectivity index (χ0n) is 23.9. The molecule has 0 nitrogen and oxygen atoms in total. The molecular weight excluding hydrogens is 660 g/mol. The minimum absolute atomic E-state index is 0.0737. The van der Waals surface area contributed by atoms with Gasteiger partial charge in [0.05, 0.1) is 22.3 Å². The molecule has 0 unspecified atom stereocenters. The summed E-state index contributed by atoms with van der Waals surface area (Å²) in [4.78, 5) is 0. The Morgan fingerprint density at radius 3 is 0.812 bits per heavy atom.